The van der Waals surface area contributed by atoms with E-state index in [1.807, 2.05) is 109 Å². The summed E-state index contributed by atoms with van der Waals surface area (Å²) in [6, 6.07) is 38.1. The van der Waals surface area contributed by atoms with Gasteiger partial charge in [-0.3, -0.25) is 4.79 Å². The molecule has 5 aromatic rings. The number of aromatic nitrogens is 1. The van der Waals surface area contributed by atoms with E-state index < -0.39 is 36.6 Å². The van der Waals surface area contributed by atoms with Gasteiger partial charge in [0, 0.05) is 18.5 Å². The maximum Gasteiger partial charge on any atom is 0.303 e. The van der Waals surface area contributed by atoms with Crippen molar-refractivity contribution in [2.45, 2.75) is 64.3 Å². The molecule has 2 heterocycles. The molecule has 45 heavy (non-hydrogen) atoms. The van der Waals surface area contributed by atoms with Crippen LogP contribution in [0.5, 0.6) is 0 Å². The SMILES string of the molecule is CC(=O)O[C@@H]1[C@@H](OCc2ccccc2)[C@@H](OCc2ccccc2)[C@@H](COCc2ccccc2)O[C@H]1n1cc(C)c2ccccc21. The maximum atomic E-state index is 12.7. The van der Waals surface area contributed by atoms with E-state index >= 15 is 0 Å². The molecule has 4 aromatic carbocycles. The molecule has 1 aromatic heterocycles. The second-order valence-electron chi connectivity index (χ2n) is 11.4. The number of nitrogens with zero attached hydrogens (tertiary/aromatic N) is 1. The van der Waals surface area contributed by atoms with E-state index in [2.05, 4.69) is 23.6 Å². The second-order valence-corrected chi connectivity index (χ2v) is 11.4. The lowest BCUT2D eigenvalue weighted by Gasteiger charge is -2.46. The predicted octanol–water partition coefficient (Wildman–Crippen LogP) is 7.17. The highest BCUT2D eigenvalue weighted by Crippen LogP contribution is 2.38. The van der Waals surface area contributed by atoms with Crippen molar-refractivity contribution < 1.29 is 28.5 Å². The normalized spacial score (nSPS) is 21.5. The van der Waals surface area contributed by atoms with Crippen LogP contribution in [0.3, 0.4) is 0 Å². The minimum Gasteiger partial charge on any atom is -0.455 e. The fourth-order valence-electron chi connectivity index (χ4n) is 5.95. The lowest BCUT2D eigenvalue weighted by molar-refractivity contribution is -0.282. The molecular weight excluding hydrogens is 566 g/mol. The van der Waals surface area contributed by atoms with Gasteiger partial charge in [-0.05, 0) is 35.2 Å². The molecule has 0 N–H and O–H groups in total. The number of carbonyl (C=O) groups excluding carboxylic acids is 1. The first-order valence-electron chi connectivity index (χ1n) is 15.4. The lowest BCUT2D eigenvalue weighted by atomic mass is 9.96. The van der Waals surface area contributed by atoms with Crippen LogP contribution in [0.1, 0.15) is 35.4 Å². The van der Waals surface area contributed by atoms with Crippen LogP contribution in [-0.4, -0.2) is 41.6 Å². The van der Waals surface area contributed by atoms with Gasteiger partial charge in [0.2, 0.25) is 0 Å². The molecule has 7 heteroatoms. The zero-order chi connectivity index (χ0) is 31.0. The summed E-state index contributed by atoms with van der Waals surface area (Å²) in [6.45, 7) is 4.80. The van der Waals surface area contributed by atoms with Gasteiger partial charge >= 0.3 is 5.97 Å². The molecule has 0 bridgehead atoms. The molecule has 1 aliphatic heterocycles. The Morgan fingerprint density at radius 1 is 0.689 bits per heavy atom. The molecule has 7 nitrogen and oxygen atoms in total. The summed E-state index contributed by atoms with van der Waals surface area (Å²) in [4.78, 5) is 12.7. The monoisotopic (exact) mass is 605 g/mol. The van der Waals surface area contributed by atoms with Crippen LogP contribution in [0.15, 0.2) is 121 Å². The van der Waals surface area contributed by atoms with Crippen LogP contribution in [-0.2, 0) is 48.3 Å². The summed E-state index contributed by atoms with van der Waals surface area (Å²) in [5, 5.41) is 1.10. The Labute approximate surface area is 264 Å². The van der Waals surface area contributed by atoms with Gasteiger partial charge in [-0.25, -0.2) is 0 Å². The Bertz CT molecular complexity index is 1660. The molecule has 0 saturated carbocycles. The molecule has 1 aliphatic rings. The second kappa shape index (κ2) is 14.7. The Kier molecular flexibility index (Phi) is 10.0. The Hall–Kier alpha value is -4.27. The van der Waals surface area contributed by atoms with Gasteiger partial charge in [0.15, 0.2) is 12.3 Å². The first-order valence-corrected chi connectivity index (χ1v) is 15.4. The largest absolute Gasteiger partial charge is 0.455 e. The zero-order valence-electron chi connectivity index (χ0n) is 25.7. The average molecular weight is 606 g/mol. The number of aryl methyl sites for hydroxylation is 1. The summed E-state index contributed by atoms with van der Waals surface area (Å²) in [5.41, 5.74) is 5.15. The summed E-state index contributed by atoms with van der Waals surface area (Å²) >= 11 is 0. The van der Waals surface area contributed by atoms with Gasteiger partial charge in [0.25, 0.3) is 0 Å². The predicted molar refractivity (Wildman–Crippen MR) is 172 cm³/mol. The topological polar surface area (TPSA) is 68.2 Å². The maximum absolute atomic E-state index is 12.7. The summed E-state index contributed by atoms with van der Waals surface area (Å²) in [6.07, 6.45) is -1.23. The standard InChI is InChI=1S/C38H39NO6/c1-27-22-39(33-21-13-12-20-32(27)33)38-37(44-28(2)40)36(43-25-31-18-10-5-11-19-31)35(42-24-30-16-8-4-9-17-30)34(45-38)26-41-23-29-14-6-3-7-15-29/h3-22,34-38H,23-26H2,1-2H3/t34-,35+,36+,37-,38-/m1/s1. The fourth-order valence-corrected chi connectivity index (χ4v) is 5.95. The van der Waals surface area contributed by atoms with E-state index in [0.717, 1.165) is 33.2 Å². The smallest absolute Gasteiger partial charge is 0.303 e. The number of hydrogen-bond donors (Lipinski definition) is 0. The van der Waals surface area contributed by atoms with Gasteiger partial charge < -0.3 is 28.3 Å². The molecule has 1 saturated heterocycles. The summed E-state index contributed by atoms with van der Waals surface area (Å²) < 4.78 is 34.6. The lowest BCUT2D eigenvalue weighted by Crippen LogP contribution is -2.59. The molecule has 6 rings (SSSR count). The van der Waals surface area contributed by atoms with Crippen LogP contribution < -0.4 is 0 Å². The van der Waals surface area contributed by atoms with E-state index in [0.29, 0.717) is 19.8 Å². The molecule has 0 amide bonds. The molecule has 0 radical (unpaired) electrons. The van der Waals surface area contributed by atoms with Crippen molar-refractivity contribution >= 4 is 16.9 Å². The number of para-hydroxylation sites is 1. The number of hydrogen-bond acceptors (Lipinski definition) is 6. The first kappa shape index (κ1) is 30.7. The van der Waals surface area contributed by atoms with Crippen LogP contribution in [0.2, 0.25) is 0 Å². The van der Waals surface area contributed by atoms with Gasteiger partial charge in [-0.1, -0.05) is 109 Å². The van der Waals surface area contributed by atoms with E-state index in [-0.39, 0.29) is 6.61 Å². The van der Waals surface area contributed by atoms with Crippen molar-refractivity contribution in [3.05, 3.63) is 144 Å². The summed E-state index contributed by atoms with van der Waals surface area (Å²) in [7, 11) is 0. The average Bonchev–Trinajstić information content (AvgIpc) is 3.41. The van der Waals surface area contributed by atoms with Gasteiger partial charge in [0.1, 0.15) is 18.3 Å². The van der Waals surface area contributed by atoms with Gasteiger partial charge in [0.05, 0.1) is 31.9 Å². The molecule has 0 spiro atoms. The van der Waals surface area contributed by atoms with E-state index in [1.165, 1.54) is 6.92 Å². The molecule has 5 atom stereocenters. The molecule has 0 unspecified atom stereocenters. The molecule has 232 valence electrons. The minimum atomic E-state index is -0.799. The van der Waals surface area contributed by atoms with Crippen molar-refractivity contribution in [2.75, 3.05) is 6.61 Å². The third kappa shape index (κ3) is 7.52. The van der Waals surface area contributed by atoms with Crippen LogP contribution in [0.25, 0.3) is 10.9 Å². The number of carbonyl (C=O) groups is 1. The number of ether oxygens (including phenoxy) is 5. The van der Waals surface area contributed by atoms with Gasteiger partial charge in [-0.2, -0.15) is 0 Å². The zero-order valence-corrected chi connectivity index (χ0v) is 25.7. The number of rotatable bonds is 12. The van der Waals surface area contributed by atoms with Crippen molar-refractivity contribution in [2.24, 2.45) is 0 Å². The number of esters is 1. The van der Waals surface area contributed by atoms with Crippen molar-refractivity contribution in [3.63, 3.8) is 0 Å². The molecular formula is C38H39NO6. The van der Waals surface area contributed by atoms with Crippen LogP contribution in [0.4, 0.5) is 0 Å². The number of fused-ring (bicyclic) bond motifs is 1. The van der Waals surface area contributed by atoms with Crippen LogP contribution in [0, 0.1) is 6.92 Å². The highest BCUT2D eigenvalue weighted by Gasteiger charge is 2.50. The highest BCUT2D eigenvalue weighted by molar-refractivity contribution is 5.83. The Balaban J connectivity index is 1.38. The minimum absolute atomic E-state index is 0.251. The highest BCUT2D eigenvalue weighted by atomic mass is 16.6. The molecule has 1 fully saturated rings. The Morgan fingerprint density at radius 2 is 1.22 bits per heavy atom. The van der Waals surface area contributed by atoms with E-state index in [9.17, 15) is 4.79 Å². The van der Waals surface area contributed by atoms with Crippen molar-refractivity contribution in [3.8, 4) is 0 Å². The summed E-state index contributed by atoms with van der Waals surface area (Å²) in [5.74, 6) is -0.421. The van der Waals surface area contributed by atoms with Gasteiger partial charge in [-0.15, -0.1) is 0 Å². The van der Waals surface area contributed by atoms with Crippen LogP contribution >= 0.6 is 0 Å². The molecule has 0 aliphatic carbocycles. The first-order chi connectivity index (χ1) is 22.1. The third-order valence-electron chi connectivity index (χ3n) is 8.09. The number of benzene rings is 4. The van der Waals surface area contributed by atoms with E-state index in [4.69, 9.17) is 23.7 Å². The van der Waals surface area contributed by atoms with E-state index in [1.54, 1.807) is 0 Å². The third-order valence-corrected chi connectivity index (χ3v) is 8.09. The Morgan fingerprint density at radius 3 is 1.82 bits per heavy atom. The van der Waals surface area contributed by atoms with Crippen molar-refractivity contribution in [1.29, 1.82) is 0 Å². The fraction of sp³-hybridized carbons (Fsp3) is 0.289. The quantitative estimate of drug-likeness (QED) is 0.141. The van der Waals surface area contributed by atoms with Crippen molar-refractivity contribution in [1.82, 2.24) is 4.57 Å².